The molecule has 1 aromatic heterocycles. The molecule has 2 aromatic rings. The molecular formula is C17H18N2O2. The fourth-order valence-corrected chi connectivity index (χ4v) is 2.61. The Morgan fingerprint density at radius 2 is 1.81 bits per heavy atom. The third-order valence-electron chi connectivity index (χ3n) is 4.18. The molecule has 1 heterocycles. The monoisotopic (exact) mass is 282 g/mol. The average Bonchev–Trinajstić information content (AvgIpc) is 3.28. The second-order valence-electron chi connectivity index (χ2n) is 5.79. The summed E-state index contributed by atoms with van der Waals surface area (Å²) in [5.74, 6) is 0.406. The maximum absolute atomic E-state index is 11.3. The summed E-state index contributed by atoms with van der Waals surface area (Å²) in [5.41, 5.74) is 3.13. The van der Waals surface area contributed by atoms with Crippen LogP contribution in [0.2, 0.25) is 0 Å². The van der Waals surface area contributed by atoms with Gasteiger partial charge in [0.25, 0.3) is 0 Å². The molecule has 0 bridgehead atoms. The van der Waals surface area contributed by atoms with Crippen LogP contribution in [0.15, 0.2) is 36.7 Å². The largest absolute Gasteiger partial charge is 0.388 e. The van der Waals surface area contributed by atoms with Gasteiger partial charge in [-0.15, -0.1) is 0 Å². The highest BCUT2D eigenvalue weighted by molar-refractivity contribution is 5.96. The molecule has 1 aliphatic rings. The van der Waals surface area contributed by atoms with Gasteiger partial charge in [-0.2, -0.15) is 0 Å². The van der Waals surface area contributed by atoms with Crippen LogP contribution in [0.1, 0.15) is 40.2 Å². The molecule has 21 heavy (non-hydrogen) atoms. The number of hydrogen-bond acceptors (Lipinski definition) is 4. The summed E-state index contributed by atoms with van der Waals surface area (Å²) < 4.78 is 0. The van der Waals surface area contributed by atoms with Gasteiger partial charge in [0, 0.05) is 24.2 Å². The third kappa shape index (κ3) is 2.85. The highest BCUT2D eigenvalue weighted by atomic mass is 16.3. The lowest BCUT2D eigenvalue weighted by atomic mass is 9.91. The second-order valence-corrected chi connectivity index (χ2v) is 5.79. The van der Waals surface area contributed by atoms with Gasteiger partial charge in [0.15, 0.2) is 5.78 Å². The highest BCUT2D eigenvalue weighted by Crippen LogP contribution is 2.50. The average molecular weight is 282 g/mol. The van der Waals surface area contributed by atoms with E-state index in [1.54, 1.807) is 0 Å². The predicted molar refractivity (Wildman–Crippen MR) is 79.2 cm³/mol. The maximum Gasteiger partial charge on any atom is 0.191 e. The Hall–Kier alpha value is -2.07. The van der Waals surface area contributed by atoms with Gasteiger partial charge in [-0.1, -0.05) is 29.8 Å². The van der Waals surface area contributed by atoms with Crippen LogP contribution in [-0.2, 0) is 11.8 Å². The van der Waals surface area contributed by atoms with Crippen LogP contribution in [-0.4, -0.2) is 27.5 Å². The van der Waals surface area contributed by atoms with Gasteiger partial charge in [-0.3, -0.25) is 4.79 Å². The van der Waals surface area contributed by atoms with Crippen LogP contribution >= 0.6 is 0 Å². The van der Waals surface area contributed by atoms with E-state index in [1.165, 1.54) is 23.5 Å². The first-order valence-corrected chi connectivity index (χ1v) is 7.15. The Balaban J connectivity index is 1.77. The molecule has 1 aromatic carbocycles. The minimum Gasteiger partial charge on any atom is -0.388 e. The third-order valence-corrected chi connectivity index (χ3v) is 4.18. The smallest absolute Gasteiger partial charge is 0.191 e. The number of nitrogens with zero attached hydrogens (tertiary/aromatic N) is 2. The summed E-state index contributed by atoms with van der Waals surface area (Å²) in [4.78, 5) is 19.9. The summed E-state index contributed by atoms with van der Waals surface area (Å²) in [5, 5.41) is 8.82. The molecule has 0 spiro atoms. The van der Waals surface area contributed by atoms with Crippen molar-refractivity contribution < 1.29 is 9.90 Å². The Labute approximate surface area is 123 Å². The van der Waals surface area contributed by atoms with E-state index in [4.69, 9.17) is 5.11 Å². The number of carbonyl (C=O) groups is 1. The van der Waals surface area contributed by atoms with Crippen molar-refractivity contribution in [1.82, 2.24) is 9.97 Å². The first-order valence-electron chi connectivity index (χ1n) is 7.15. The summed E-state index contributed by atoms with van der Waals surface area (Å²) >= 11 is 0. The highest BCUT2D eigenvalue weighted by Gasteiger charge is 2.44. The van der Waals surface area contributed by atoms with Crippen LogP contribution in [0.5, 0.6) is 0 Å². The van der Waals surface area contributed by atoms with Crippen molar-refractivity contribution in [2.75, 3.05) is 6.61 Å². The normalized spacial score (nSPS) is 15.7. The van der Waals surface area contributed by atoms with Crippen LogP contribution in [0.3, 0.4) is 0 Å². The van der Waals surface area contributed by atoms with E-state index in [2.05, 4.69) is 41.2 Å². The van der Waals surface area contributed by atoms with Gasteiger partial charge >= 0.3 is 0 Å². The minimum atomic E-state index is -0.504. The van der Waals surface area contributed by atoms with Gasteiger partial charge in [0.1, 0.15) is 12.4 Å². The number of aliphatic hydroxyl groups excluding tert-OH is 1. The van der Waals surface area contributed by atoms with Crippen molar-refractivity contribution >= 4 is 5.78 Å². The molecule has 1 saturated carbocycles. The van der Waals surface area contributed by atoms with Crippen molar-refractivity contribution in [1.29, 1.82) is 0 Å². The van der Waals surface area contributed by atoms with Crippen molar-refractivity contribution in [3.63, 3.8) is 0 Å². The van der Waals surface area contributed by atoms with Crippen LogP contribution in [0.4, 0.5) is 0 Å². The van der Waals surface area contributed by atoms with Crippen molar-refractivity contribution in [3.8, 4) is 0 Å². The Morgan fingerprint density at radius 3 is 2.33 bits per heavy atom. The number of Topliss-reactive ketones (excluding diaryl/α,β-unsaturated/α-hetero) is 1. The first kappa shape index (κ1) is 13.9. The van der Waals surface area contributed by atoms with Crippen LogP contribution < -0.4 is 0 Å². The van der Waals surface area contributed by atoms with Crippen LogP contribution in [0, 0.1) is 6.92 Å². The lowest BCUT2D eigenvalue weighted by Gasteiger charge is -2.15. The summed E-state index contributed by atoms with van der Waals surface area (Å²) in [6.45, 7) is 1.58. The maximum atomic E-state index is 11.3. The molecule has 0 saturated heterocycles. The van der Waals surface area contributed by atoms with Gasteiger partial charge < -0.3 is 5.11 Å². The van der Waals surface area contributed by atoms with E-state index in [-0.39, 0.29) is 11.2 Å². The summed E-state index contributed by atoms with van der Waals surface area (Å²) in [7, 11) is 0. The van der Waals surface area contributed by atoms with Gasteiger partial charge in [-0.05, 0) is 25.3 Å². The molecule has 0 radical (unpaired) electrons. The number of aliphatic hydroxyl groups is 1. The number of hydrogen-bond donors (Lipinski definition) is 1. The summed E-state index contributed by atoms with van der Waals surface area (Å²) in [6, 6.07) is 8.65. The standard InChI is InChI=1S/C17H18N2O2/c1-12-2-4-14(5-3-12)17(6-7-17)8-16-18-9-13(10-19-16)15(21)11-20/h2-5,9-10,20H,6-8,11H2,1H3. The number of aromatic nitrogens is 2. The number of benzene rings is 1. The molecule has 4 heteroatoms. The molecule has 3 rings (SSSR count). The molecule has 108 valence electrons. The van der Waals surface area contributed by atoms with E-state index in [0.29, 0.717) is 5.56 Å². The fraction of sp³-hybridized carbons (Fsp3) is 0.353. The molecule has 0 amide bonds. The van der Waals surface area contributed by atoms with Crippen LogP contribution in [0.25, 0.3) is 0 Å². The van der Waals surface area contributed by atoms with E-state index < -0.39 is 6.61 Å². The minimum absolute atomic E-state index is 0.163. The first-order chi connectivity index (χ1) is 10.1. The predicted octanol–water partition coefficient (Wildman–Crippen LogP) is 2.23. The van der Waals surface area contributed by atoms with Gasteiger partial charge in [0.05, 0.1) is 5.56 Å². The molecule has 0 unspecified atom stereocenters. The van der Waals surface area contributed by atoms with E-state index in [1.807, 2.05) is 0 Å². The Kier molecular flexibility index (Phi) is 3.55. The van der Waals surface area contributed by atoms with Crippen molar-refractivity contribution in [2.24, 2.45) is 0 Å². The summed E-state index contributed by atoms with van der Waals surface area (Å²) in [6.07, 6.45) is 6.11. The number of carbonyl (C=O) groups excluding carboxylic acids is 1. The topological polar surface area (TPSA) is 63.1 Å². The Morgan fingerprint density at radius 1 is 1.19 bits per heavy atom. The molecule has 1 aliphatic carbocycles. The quantitative estimate of drug-likeness (QED) is 0.854. The number of rotatable bonds is 5. The zero-order valence-electron chi connectivity index (χ0n) is 12.0. The molecular weight excluding hydrogens is 264 g/mol. The van der Waals surface area contributed by atoms with E-state index >= 15 is 0 Å². The Bertz CT molecular complexity index is 643. The molecule has 1 fully saturated rings. The lowest BCUT2D eigenvalue weighted by Crippen LogP contribution is -2.14. The van der Waals surface area contributed by atoms with Gasteiger partial charge in [-0.25, -0.2) is 9.97 Å². The molecule has 4 nitrogen and oxygen atoms in total. The van der Waals surface area contributed by atoms with E-state index in [0.717, 1.165) is 25.1 Å². The zero-order valence-corrected chi connectivity index (χ0v) is 12.0. The fourth-order valence-electron chi connectivity index (χ4n) is 2.61. The lowest BCUT2D eigenvalue weighted by molar-refractivity contribution is 0.0903. The van der Waals surface area contributed by atoms with E-state index in [9.17, 15) is 4.79 Å². The zero-order chi connectivity index (χ0) is 14.9. The molecule has 1 N–H and O–H groups in total. The number of ketones is 1. The second kappa shape index (κ2) is 5.37. The SMILES string of the molecule is Cc1ccc(C2(Cc3ncc(C(=O)CO)cn3)CC2)cc1. The number of aryl methyl sites for hydroxylation is 1. The molecule has 0 atom stereocenters. The molecule has 0 aliphatic heterocycles. The van der Waals surface area contributed by atoms with Crippen molar-refractivity contribution in [3.05, 3.63) is 59.2 Å². The van der Waals surface area contributed by atoms with Gasteiger partial charge in [0.2, 0.25) is 0 Å². The van der Waals surface area contributed by atoms with Crippen molar-refractivity contribution in [2.45, 2.75) is 31.6 Å².